The molecule has 0 aromatic heterocycles. The Balaban J connectivity index is 1.01. The summed E-state index contributed by atoms with van der Waals surface area (Å²) < 4.78 is 42.5. The maximum absolute atomic E-state index is 14.1. The second-order valence-corrected chi connectivity index (χ2v) is 15.5. The minimum atomic E-state index is -4.04. The van der Waals surface area contributed by atoms with Crippen molar-refractivity contribution < 1.29 is 37.4 Å². The fourth-order valence-corrected chi connectivity index (χ4v) is 12.7. The van der Waals surface area contributed by atoms with Gasteiger partial charge in [0, 0.05) is 5.41 Å². The number of hydrogen-bond acceptors (Lipinski definition) is 7. The van der Waals surface area contributed by atoms with E-state index in [0.29, 0.717) is 36.0 Å². The van der Waals surface area contributed by atoms with Gasteiger partial charge in [-0.1, -0.05) is 0 Å². The molecule has 2 unspecified atom stereocenters. The van der Waals surface area contributed by atoms with E-state index in [9.17, 15) is 23.6 Å². The molecule has 11 rings (SSSR count). The van der Waals surface area contributed by atoms with Crippen molar-refractivity contribution in [3.05, 3.63) is 0 Å². The largest absolute Gasteiger partial charge is 0.710 e. The Labute approximate surface area is 220 Å². The summed E-state index contributed by atoms with van der Waals surface area (Å²) >= 11 is -0.730. The number of ether oxygens (including phenoxy) is 2. The van der Waals surface area contributed by atoms with E-state index >= 15 is 0 Å². The Morgan fingerprint density at radius 2 is 1.38 bits per heavy atom. The van der Waals surface area contributed by atoms with Crippen molar-refractivity contribution >= 4 is 24.0 Å². The summed E-state index contributed by atoms with van der Waals surface area (Å²) in [5, 5.41) is 6.12. The van der Waals surface area contributed by atoms with Gasteiger partial charge in [-0.25, -0.2) is 4.79 Å². The average molecular weight is 538 g/mol. The molecule has 9 heteroatoms. The number of rotatable bonds is 7. The normalized spacial score (nSPS) is 53.6. The molecule has 11 saturated carbocycles. The fourth-order valence-electron chi connectivity index (χ4n) is 12.5. The number of carbonyl (C=O) groups is 2. The number of hydrogen-bond donors (Lipinski definition) is 0. The molecule has 11 fully saturated rings. The van der Waals surface area contributed by atoms with Crippen LogP contribution < -0.4 is 5.26 Å². The molecule has 11 aliphatic rings. The molecule has 0 aliphatic heterocycles. The molecule has 6 nitrogen and oxygen atoms in total. The van der Waals surface area contributed by atoms with Crippen molar-refractivity contribution in [3.8, 4) is 0 Å². The summed E-state index contributed by atoms with van der Waals surface area (Å²) in [6, 6.07) is 0. The van der Waals surface area contributed by atoms with Gasteiger partial charge in [-0.05, 0) is 130 Å². The second kappa shape index (κ2) is 7.62. The lowest BCUT2D eigenvalue weighted by Gasteiger charge is -2.72. The molecule has 12 bridgehead atoms. The van der Waals surface area contributed by atoms with Crippen LogP contribution in [0.1, 0.15) is 77.0 Å². The SMILES string of the molecule is O=C(OC12CC3CC(CC(COC(=O)C(F)(F)SO[O-])(C3)C1)C2)C12CC3C4CC5CC3C(C1)C(C5)C4C2. The third kappa shape index (κ3) is 3.35. The highest BCUT2D eigenvalue weighted by atomic mass is 32.2. The van der Waals surface area contributed by atoms with Crippen LogP contribution in [-0.4, -0.2) is 29.4 Å². The van der Waals surface area contributed by atoms with Crippen molar-refractivity contribution in [2.75, 3.05) is 6.61 Å². The molecule has 0 amide bonds. The van der Waals surface area contributed by atoms with Gasteiger partial charge in [-0.15, -0.1) is 0 Å². The lowest BCUT2D eigenvalue weighted by Crippen LogP contribution is -2.67. The van der Waals surface area contributed by atoms with Gasteiger partial charge in [0.2, 0.25) is 0 Å². The van der Waals surface area contributed by atoms with Crippen LogP contribution in [0.2, 0.25) is 0 Å². The van der Waals surface area contributed by atoms with Gasteiger partial charge < -0.3 is 19.1 Å². The summed E-state index contributed by atoms with van der Waals surface area (Å²) in [6.07, 6.45) is 12.1. The van der Waals surface area contributed by atoms with Crippen LogP contribution in [0.3, 0.4) is 0 Å². The standard InChI is InChI=1S/C28H36F2O6S/c29-28(30,37-36-33)24(32)34-13-25-5-15-1-16(6-25)8-27(7-15,12-25)35-23(31)26-9-20-17-2-14-3-18(20)22(11-26)19(4-14)21(17)10-26/h14-22,33H,1-13H2/p-1. The zero-order valence-corrected chi connectivity index (χ0v) is 21.8. The van der Waals surface area contributed by atoms with E-state index in [2.05, 4.69) is 4.33 Å². The molecule has 0 heterocycles. The van der Waals surface area contributed by atoms with Crippen LogP contribution in [0.25, 0.3) is 0 Å². The average Bonchev–Trinajstić information content (AvgIpc) is 2.84. The van der Waals surface area contributed by atoms with Gasteiger partial charge >= 0.3 is 17.2 Å². The monoisotopic (exact) mass is 537 g/mol. The van der Waals surface area contributed by atoms with Gasteiger partial charge in [-0.3, -0.25) is 4.79 Å². The maximum Gasteiger partial charge on any atom is 0.412 e. The first-order valence-electron chi connectivity index (χ1n) is 14.4. The van der Waals surface area contributed by atoms with Crippen LogP contribution in [-0.2, 0) is 23.4 Å². The molecule has 0 spiro atoms. The zero-order chi connectivity index (χ0) is 25.4. The van der Waals surface area contributed by atoms with E-state index in [0.717, 1.165) is 75.0 Å². The predicted molar refractivity (Wildman–Crippen MR) is 125 cm³/mol. The van der Waals surface area contributed by atoms with E-state index < -0.39 is 34.3 Å². The first kappa shape index (κ1) is 23.9. The highest BCUT2D eigenvalue weighted by Crippen LogP contribution is 2.75. The fraction of sp³-hybridized carbons (Fsp3) is 0.929. The van der Waals surface area contributed by atoms with Gasteiger partial charge in [0.15, 0.2) is 0 Å². The van der Waals surface area contributed by atoms with Crippen molar-refractivity contribution in [2.24, 2.45) is 64.1 Å². The summed E-state index contributed by atoms with van der Waals surface area (Å²) in [6.45, 7) is -0.128. The highest BCUT2D eigenvalue weighted by molar-refractivity contribution is 7.96. The van der Waals surface area contributed by atoms with E-state index in [1.165, 1.54) is 19.3 Å². The topological polar surface area (TPSA) is 84.9 Å². The van der Waals surface area contributed by atoms with Gasteiger partial charge in [0.25, 0.3) is 0 Å². The Kier molecular flexibility index (Phi) is 4.93. The lowest BCUT2D eigenvalue weighted by molar-refractivity contribution is -0.630. The third-order valence-corrected chi connectivity index (χ3v) is 13.2. The number of halogens is 2. The molecule has 0 radical (unpaired) electrons. The maximum atomic E-state index is 14.1. The Hall–Kier alpha value is -0.930. The first-order chi connectivity index (χ1) is 17.6. The molecular weight excluding hydrogens is 502 g/mol. The molecule has 0 saturated heterocycles. The molecule has 0 N–H and O–H groups in total. The van der Waals surface area contributed by atoms with Crippen LogP contribution in [0.15, 0.2) is 0 Å². The van der Waals surface area contributed by atoms with Crippen molar-refractivity contribution in [1.29, 1.82) is 0 Å². The molecule has 2 atom stereocenters. The molecular formula is C28H35F2O6S-. The molecule has 204 valence electrons. The molecule has 0 aromatic carbocycles. The molecule has 0 aromatic rings. The van der Waals surface area contributed by atoms with Crippen LogP contribution in [0, 0.1) is 64.1 Å². The Morgan fingerprint density at radius 1 is 0.811 bits per heavy atom. The summed E-state index contributed by atoms with van der Waals surface area (Å²) in [4.78, 5) is 26.1. The lowest BCUT2D eigenvalue weighted by atomic mass is 9.33. The quantitative estimate of drug-likeness (QED) is 0.202. The molecule has 11 aliphatic carbocycles. The third-order valence-electron chi connectivity index (χ3n) is 12.8. The van der Waals surface area contributed by atoms with Gasteiger partial charge in [0.1, 0.15) is 5.60 Å². The summed E-state index contributed by atoms with van der Waals surface area (Å²) in [7, 11) is 0. The van der Waals surface area contributed by atoms with E-state index in [-0.39, 0.29) is 18.0 Å². The Morgan fingerprint density at radius 3 is 1.92 bits per heavy atom. The van der Waals surface area contributed by atoms with E-state index in [4.69, 9.17) is 9.47 Å². The number of alkyl halides is 2. The van der Waals surface area contributed by atoms with Crippen LogP contribution in [0.5, 0.6) is 0 Å². The number of carbonyl (C=O) groups excluding carboxylic acids is 2. The van der Waals surface area contributed by atoms with Crippen molar-refractivity contribution in [1.82, 2.24) is 0 Å². The molecule has 37 heavy (non-hydrogen) atoms. The van der Waals surface area contributed by atoms with Crippen molar-refractivity contribution in [2.45, 2.75) is 87.9 Å². The minimum absolute atomic E-state index is 0.0187. The van der Waals surface area contributed by atoms with E-state index in [1.807, 2.05) is 0 Å². The van der Waals surface area contributed by atoms with Gasteiger partial charge in [0.05, 0.1) is 24.1 Å². The minimum Gasteiger partial charge on any atom is -0.710 e. The highest BCUT2D eigenvalue weighted by Gasteiger charge is 2.70. The second-order valence-electron chi connectivity index (χ2n) is 14.7. The van der Waals surface area contributed by atoms with Crippen molar-refractivity contribution in [3.63, 3.8) is 0 Å². The Bertz CT molecular complexity index is 958. The summed E-state index contributed by atoms with van der Waals surface area (Å²) in [5.74, 6) is 4.54. The van der Waals surface area contributed by atoms with Gasteiger partial charge in [-0.2, -0.15) is 8.78 Å². The van der Waals surface area contributed by atoms with Crippen LogP contribution >= 0.6 is 12.0 Å². The summed E-state index contributed by atoms with van der Waals surface area (Å²) in [5.41, 5.74) is -1.34. The smallest absolute Gasteiger partial charge is 0.412 e. The van der Waals surface area contributed by atoms with Crippen LogP contribution in [0.4, 0.5) is 8.78 Å². The number of esters is 2. The zero-order valence-electron chi connectivity index (χ0n) is 21.0. The van der Waals surface area contributed by atoms with E-state index in [1.54, 1.807) is 0 Å². The first-order valence-corrected chi connectivity index (χ1v) is 15.1. The predicted octanol–water partition coefficient (Wildman–Crippen LogP) is 4.65.